The average molecular weight is 478 g/mol. The SMILES string of the molecule is CC(C)N(CC(O)c1ccc(Cl)c(Cl)c1)C(=O)C(N)c1ccc(CNC(=O)C2CC2)cc1. The van der Waals surface area contributed by atoms with Crippen molar-refractivity contribution in [3.63, 3.8) is 0 Å². The summed E-state index contributed by atoms with van der Waals surface area (Å²) in [7, 11) is 0. The Hall–Kier alpha value is -2.12. The summed E-state index contributed by atoms with van der Waals surface area (Å²) in [6.45, 7) is 4.27. The van der Waals surface area contributed by atoms with Crippen molar-refractivity contribution in [2.75, 3.05) is 6.54 Å². The van der Waals surface area contributed by atoms with E-state index in [0.29, 0.717) is 27.7 Å². The van der Waals surface area contributed by atoms with Gasteiger partial charge >= 0.3 is 0 Å². The molecular weight excluding hydrogens is 449 g/mol. The van der Waals surface area contributed by atoms with Crippen LogP contribution < -0.4 is 11.1 Å². The number of nitrogens with zero attached hydrogens (tertiary/aromatic N) is 1. The fourth-order valence-corrected chi connectivity index (χ4v) is 3.72. The first kappa shape index (κ1) is 24.5. The fourth-order valence-electron chi connectivity index (χ4n) is 3.41. The summed E-state index contributed by atoms with van der Waals surface area (Å²) in [6, 6.07) is 11.2. The molecule has 8 heteroatoms. The van der Waals surface area contributed by atoms with Crippen LogP contribution in [-0.2, 0) is 16.1 Å². The molecule has 32 heavy (non-hydrogen) atoms. The molecule has 172 valence electrons. The zero-order valence-corrected chi connectivity index (χ0v) is 19.7. The minimum atomic E-state index is -0.930. The van der Waals surface area contributed by atoms with Gasteiger partial charge in [-0.2, -0.15) is 0 Å². The lowest BCUT2D eigenvalue weighted by atomic mass is 10.0. The van der Waals surface area contributed by atoms with Gasteiger partial charge < -0.3 is 21.1 Å². The number of nitrogens with one attached hydrogen (secondary N) is 1. The lowest BCUT2D eigenvalue weighted by Gasteiger charge is -2.31. The van der Waals surface area contributed by atoms with Crippen molar-refractivity contribution in [3.8, 4) is 0 Å². The monoisotopic (exact) mass is 477 g/mol. The number of rotatable bonds is 9. The van der Waals surface area contributed by atoms with Crippen LogP contribution in [0, 0.1) is 5.92 Å². The first-order valence-corrected chi connectivity index (χ1v) is 11.5. The molecule has 2 atom stereocenters. The van der Waals surface area contributed by atoms with Crippen LogP contribution in [0.15, 0.2) is 42.5 Å². The fraction of sp³-hybridized carbons (Fsp3) is 0.417. The molecule has 1 aliphatic rings. The van der Waals surface area contributed by atoms with Crippen molar-refractivity contribution in [2.45, 2.75) is 51.4 Å². The van der Waals surface area contributed by atoms with E-state index >= 15 is 0 Å². The van der Waals surface area contributed by atoms with E-state index in [1.165, 1.54) is 0 Å². The first-order chi connectivity index (χ1) is 15.2. The minimum absolute atomic E-state index is 0.0768. The summed E-state index contributed by atoms with van der Waals surface area (Å²) >= 11 is 12.0. The maximum atomic E-state index is 13.1. The summed E-state index contributed by atoms with van der Waals surface area (Å²) in [5.41, 5.74) is 8.46. The molecule has 0 heterocycles. The third kappa shape index (κ3) is 6.23. The van der Waals surface area contributed by atoms with Crippen molar-refractivity contribution < 1.29 is 14.7 Å². The molecule has 0 saturated heterocycles. The standard InChI is InChI=1S/C24H29Cl2N3O3/c1-14(2)29(13-21(30)18-9-10-19(25)20(26)11-18)24(32)22(27)16-5-3-15(4-6-16)12-28-23(31)17-7-8-17/h3-6,9-11,14,17,21-22,30H,7-8,12-13,27H2,1-2H3,(H,28,31). The highest BCUT2D eigenvalue weighted by atomic mass is 35.5. The van der Waals surface area contributed by atoms with Crippen LogP contribution in [-0.4, -0.2) is 34.4 Å². The lowest BCUT2D eigenvalue weighted by Crippen LogP contribution is -2.44. The molecule has 0 bridgehead atoms. The van der Waals surface area contributed by atoms with E-state index in [9.17, 15) is 14.7 Å². The predicted molar refractivity (Wildman–Crippen MR) is 126 cm³/mol. The Kier molecular flexibility index (Phi) is 8.17. The summed E-state index contributed by atoms with van der Waals surface area (Å²) < 4.78 is 0. The van der Waals surface area contributed by atoms with E-state index in [4.69, 9.17) is 28.9 Å². The Bertz CT molecular complexity index is 961. The molecule has 2 aromatic rings. The van der Waals surface area contributed by atoms with Gasteiger partial charge in [-0.1, -0.05) is 53.5 Å². The molecule has 3 rings (SSSR count). The quantitative estimate of drug-likeness (QED) is 0.508. The Morgan fingerprint density at radius 1 is 1.09 bits per heavy atom. The van der Waals surface area contributed by atoms with Gasteiger partial charge in [0.05, 0.1) is 22.7 Å². The van der Waals surface area contributed by atoms with Crippen LogP contribution in [0.25, 0.3) is 0 Å². The molecule has 0 radical (unpaired) electrons. The lowest BCUT2D eigenvalue weighted by molar-refractivity contribution is -0.136. The van der Waals surface area contributed by atoms with E-state index < -0.39 is 12.1 Å². The highest BCUT2D eigenvalue weighted by Gasteiger charge is 2.29. The van der Waals surface area contributed by atoms with Crippen molar-refractivity contribution in [2.24, 2.45) is 11.7 Å². The molecule has 2 aromatic carbocycles. The first-order valence-electron chi connectivity index (χ1n) is 10.7. The number of aliphatic hydroxyl groups is 1. The second kappa shape index (κ2) is 10.7. The normalized spacial score (nSPS) is 15.3. The Balaban J connectivity index is 1.64. The van der Waals surface area contributed by atoms with E-state index in [1.807, 2.05) is 26.0 Å². The smallest absolute Gasteiger partial charge is 0.244 e. The zero-order chi connectivity index (χ0) is 23.4. The van der Waals surface area contributed by atoms with Gasteiger partial charge in [-0.3, -0.25) is 9.59 Å². The zero-order valence-electron chi connectivity index (χ0n) is 18.2. The van der Waals surface area contributed by atoms with Crippen LogP contribution in [0.1, 0.15) is 55.5 Å². The van der Waals surface area contributed by atoms with Gasteiger partial charge in [0.25, 0.3) is 0 Å². The van der Waals surface area contributed by atoms with Crippen molar-refractivity contribution in [3.05, 3.63) is 69.2 Å². The van der Waals surface area contributed by atoms with Gasteiger partial charge in [0.15, 0.2) is 0 Å². The molecule has 1 aliphatic carbocycles. The average Bonchev–Trinajstić information content (AvgIpc) is 3.62. The summed E-state index contributed by atoms with van der Waals surface area (Å²) in [5, 5.41) is 14.3. The highest BCUT2D eigenvalue weighted by Crippen LogP contribution is 2.29. The van der Waals surface area contributed by atoms with Crippen LogP contribution in [0.5, 0.6) is 0 Å². The second-order valence-electron chi connectivity index (χ2n) is 8.49. The molecule has 0 aliphatic heterocycles. The molecule has 2 unspecified atom stereocenters. The number of nitrogens with two attached hydrogens (primary N) is 1. The second-order valence-corrected chi connectivity index (χ2v) is 9.30. The van der Waals surface area contributed by atoms with E-state index in [-0.39, 0.29) is 30.3 Å². The number of carbonyl (C=O) groups excluding carboxylic acids is 2. The number of amides is 2. The largest absolute Gasteiger partial charge is 0.387 e. The topological polar surface area (TPSA) is 95.7 Å². The van der Waals surface area contributed by atoms with Crippen molar-refractivity contribution in [1.29, 1.82) is 0 Å². The van der Waals surface area contributed by atoms with Crippen molar-refractivity contribution >= 4 is 35.0 Å². The third-order valence-corrected chi connectivity index (χ3v) is 6.36. The molecule has 4 N–H and O–H groups in total. The number of hydrogen-bond acceptors (Lipinski definition) is 4. The third-order valence-electron chi connectivity index (χ3n) is 5.62. The van der Waals surface area contributed by atoms with Crippen molar-refractivity contribution in [1.82, 2.24) is 10.2 Å². The van der Waals surface area contributed by atoms with Gasteiger partial charge in [-0.15, -0.1) is 0 Å². The number of benzene rings is 2. The Labute approximate surface area is 198 Å². The van der Waals surface area contributed by atoms with Gasteiger partial charge in [-0.05, 0) is 55.5 Å². The Morgan fingerprint density at radius 2 is 1.72 bits per heavy atom. The number of hydrogen-bond donors (Lipinski definition) is 3. The van der Waals surface area contributed by atoms with Gasteiger partial charge in [0.1, 0.15) is 6.04 Å². The predicted octanol–water partition coefficient (Wildman–Crippen LogP) is 3.99. The van der Waals surface area contributed by atoms with Gasteiger partial charge in [0.2, 0.25) is 11.8 Å². The van der Waals surface area contributed by atoms with E-state index in [2.05, 4.69) is 5.32 Å². The molecule has 1 saturated carbocycles. The molecule has 6 nitrogen and oxygen atoms in total. The maximum absolute atomic E-state index is 13.1. The molecule has 2 amide bonds. The number of aliphatic hydroxyl groups excluding tert-OH is 1. The van der Waals surface area contributed by atoms with Crippen LogP contribution in [0.3, 0.4) is 0 Å². The van der Waals surface area contributed by atoms with E-state index in [0.717, 1.165) is 18.4 Å². The number of halogens is 2. The van der Waals surface area contributed by atoms with Crippen LogP contribution >= 0.6 is 23.2 Å². The summed E-state index contributed by atoms with van der Waals surface area (Å²) in [5.74, 6) is -0.0236. The maximum Gasteiger partial charge on any atom is 0.244 e. The molecule has 0 spiro atoms. The summed E-state index contributed by atoms with van der Waals surface area (Å²) in [4.78, 5) is 26.5. The molecule has 1 fully saturated rings. The van der Waals surface area contributed by atoms with Gasteiger partial charge in [0, 0.05) is 18.5 Å². The highest BCUT2D eigenvalue weighted by molar-refractivity contribution is 6.42. The molecule has 0 aromatic heterocycles. The van der Waals surface area contributed by atoms with E-state index in [1.54, 1.807) is 35.2 Å². The molecular formula is C24H29Cl2N3O3. The van der Waals surface area contributed by atoms with Crippen LogP contribution in [0.4, 0.5) is 0 Å². The van der Waals surface area contributed by atoms with Crippen LogP contribution in [0.2, 0.25) is 10.0 Å². The van der Waals surface area contributed by atoms with Gasteiger partial charge in [-0.25, -0.2) is 0 Å². The minimum Gasteiger partial charge on any atom is -0.387 e. The number of carbonyl (C=O) groups is 2. The Morgan fingerprint density at radius 3 is 2.28 bits per heavy atom. The summed E-state index contributed by atoms with van der Waals surface area (Å²) in [6.07, 6.45) is 1.00.